The summed E-state index contributed by atoms with van der Waals surface area (Å²) in [6.07, 6.45) is 1.97. The molecule has 0 heterocycles. The summed E-state index contributed by atoms with van der Waals surface area (Å²) in [5, 5.41) is 0. The number of rotatable bonds is 8. The molecule has 0 bridgehead atoms. The highest BCUT2D eigenvalue weighted by atomic mass is 32.2. The van der Waals surface area contributed by atoms with Crippen LogP contribution in [0.2, 0.25) is 0 Å². The third-order valence-corrected chi connectivity index (χ3v) is 6.17. The largest absolute Gasteiger partial charge is 0.461 e. The molecular formula is C19H23NO4S2. The topological polar surface area (TPSA) is 72.5 Å². The smallest absolute Gasteiger partial charge is 0.307 e. The van der Waals surface area contributed by atoms with Gasteiger partial charge in [0.1, 0.15) is 6.61 Å². The van der Waals surface area contributed by atoms with E-state index in [4.69, 9.17) is 4.74 Å². The minimum Gasteiger partial charge on any atom is -0.461 e. The molecule has 5 nitrogen and oxygen atoms in total. The van der Waals surface area contributed by atoms with Gasteiger partial charge in [-0.3, -0.25) is 4.79 Å². The highest BCUT2D eigenvalue weighted by Gasteiger charge is 2.15. The second-order valence-corrected chi connectivity index (χ2v) is 8.55. The molecule has 140 valence electrons. The van der Waals surface area contributed by atoms with E-state index in [0.29, 0.717) is 0 Å². The molecule has 0 spiro atoms. The average molecular weight is 394 g/mol. The predicted molar refractivity (Wildman–Crippen MR) is 104 cm³/mol. The Bertz CT molecular complexity index is 862. The van der Waals surface area contributed by atoms with Gasteiger partial charge in [-0.1, -0.05) is 18.2 Å². The van der Waals surface area contributed by atoms with E-state index in [1.807, 2.05) is 44.4 Å². The number of hydrogen-bond acceptors (Lipinski definition) is 5. The lowest BCUT2D eigenvalue weighted by Gasteiger charge is -2.09. The minimum absolute atomic E-state index is 0.000493. The van der Waals surface area contributed by atoms with Crippen molar-refractivity contribution in [2.75, 3.05) is 12.8 Å². The number of ether oxygens (including phenoxy) is 1. The van der Waals surface area contributed by atoms with Gasteiger partial charge >= 0.3 is 5.97 Å². The van der Waals surface area contributed by atoms with Gasteiger partial charge in [0.05, 0.1) is 11.3 Å². The quantitative estimate of drug-likeness (QED) is 0.549. The molecule has 0 radical (unpaired) electrons. The number of hydrogen-bond donors (Lipinski definition) is 1. The Morgan fingerprint density at radius 3 is 2.38 bits per heavy atom. The molecule has 7 heteroatoms. The van der Waals surface area contributed by atoms with Gasteiger partial charge in [0.15, 0.2) is 0 Å². The van der Waals surface area contributed by atoms with E-state index >= 15 is 0 Å². The molecule has 0 fully saturated rings. The van der Waals surface area contributed by atoms with Crippen LogP contribution >= 0.6 is 11.8 Å². The van der Waals surface area contributed by atoms with Gasteiger partial charge in [-0.05, 0) is 61.1 Å². The van der Waals surface area contributed by atoms with Crippen LogP contribution in [0.15, 0.2) is 52.3 Å². The third kappa shape index (κ3) is 5.86. The maximum Gasteiger partial charge on any atom is 0.307 e. The summed E-state index contributed by atoms with van der Waals surface area (Å²) >= 11 is 1.64. The maximum atomic E-state index is 12.3. The number of carbonyl (C=O) groups excluding carboxylic acids is 1. The number of esters is 1. The molecule has 0 unspecified atom stereocenters. The first-order valence-corrected chi connectivity index (χ1v) is 10.9. The highest BCUT2D eigenvalue weighted by molar-refractivity contribution is 7.98. The fourth-order valence-corrected chi connectivity index (χ4v) is 3.73. The maximum absolute atomic E-state index is 12.3. The first-order valence-electron chi connectivity index (χ1n) is 8.17. The van der Waals surface area contributed by atoms with E-state index < -0.39 is 16.0 Å². The van der Waals surface area contributed by atoms with Crippen molar-refractivity contribution in [3.63, 3.8) is 0 Å². The minimum atomic E-state index is -3.63. The lowest BCUT2D eigenvalue weighted by molar-refractivity contribution is -0.144. The Kier molecular flexibility index (Phi) is 7.25. The number of carbonyl (C=O) groups is 1. The molecule has 0 amide bonds. The fraction of sp³-hybridized carbons (Fsp3) is 0.316. The summed E-state index contributed by atoms with van der Waals surface area (Å²) in [6, 6.07) is 12.7. The second kappa shape index (κ2) is 9.21. The van der Waals surface area contributed by atoms with Crippen molar-refractivity contribution in [1.82, 2.24) is 4.72 Å². The normalized spacial score (nSPS) is 11.3. The molecule has 0 saturated carbocycles. The first kappa shape index (κ1) is 20.5. The van der Waals surface area contributed by atoms with Crippen molar-refractivity contribution >= 4 is 27.8 Å². The van der Waals surface area contributed by atoms with Crippen LogP contribution in [0.3, 0.4) is 0 Å². The van der Waals surface area contributed by atoms with Crippen LogP contribution in [0.25, 0.3) is 0 Å². The van der Waals surface area contributed by atoms with Crippen molar-refractivity contribution in [2.45, 2.75) is 36.7 Å². The van der Waals surface area contributed by atoms with E-state index in [2.05, 4.69) is 4.72 Å². The molecule has 0 aliphatic carbocycles. The zero-order chi connectivity index (χ0) is 19.2. The Morgan fingerprint density at radius 2 is 1.77 bits per heavy atom. The molecule has 0 atom stereocenters. The van der Waals surface area contributed by atoms with E-state index in [9.17, 15) is 13.2 Å². The summed E-state index contributed by atoms with van der Waals surface area (Å²) in [4.78, 5) is 13.1. The molecule has 0 aliphatic rings. The SMILES string of the molecule is CSc1ccc(COC(=O)CCNS(=O)(=O)c2ccc(C)c(C)c2)cc1. The van der Waals surface area contributed by atoms with Crippen LogP contribution in [0, 0.1) is 13.8 Å². The number of aryl methyl sites for hydroxylation is 2. The van der Waals surface area contributed by atoms with Crippen molar-refractivity contribution in [3.8, 4) is 0 Å². The van der Waals surface area contributed by atoms with Gasteiger partial charge in [0.25, 0.3) is 0 Å². The molecule has 0 aromatic heterocycles. The number of benzene rings is 2. The van der Waals surface area contributed by atoms with Crippen LogP contribution in [-0.2, 0) is 26.2 Å². The van der Waals surface area contributed by atoms with Crippen LogP contribution in [0.1, 0.15) is 23.1 Å². The lowest BCUT2D eigenvalue weighted by Crippen LogP contribution is -2.26. The second-order valence-electron chi connectivity index (χ2n) is 5.90. The van der Waals surface area contributed by atoms with Gasteiger partial charge in [-0.2, -0.15) is 0 Å². The monoisotopic (exact) mass is 393 g/mol. The Morgan fingerprint density at radius 1 is 1.08 bits per heavy atom. The van der Waals surface area contributed by atoms with Crippen LogP contribution in [-0.4, -0.2) is 27.2 Å². The van der Waals surface area contributed by atoms with Gasteiger partial charge in [0, 0.05) is 11.4 Å². The molecule has 26 heavy (non-hydrogen) atoms. The molecule has 0 saturated heterocycles. The zero-order valence-electron chi connectivity index (χ0n) is 15.1. The summed E-state index contributed by atoms with van der Waals surface area (Å²) in [5.41, 5.74) is 2.82. The van der Waals surface area contributed by atoms with Gasteiger partial charge in [-0.15, -0.1) is 11.8 Å². The number of nitrogens with one attached hydrogen (secondary N) is 1. The molecule has 2 aromatic rings. The van der Waals surface area contributed by atoms with Crippen LogP contribution in [0.4, 0.5) is 0 Å². The summed E-state index contributed by atoms with van der Waals surface area (Å²) in [6.45, 7) is 3.96. The van der Waals surface area contributed by atoms with Gasteiger partial charge < -0.3 is 4.74 Å². The predicted octanol–water partition coefficient (Wildman–Crippen LogP) is 3.44. The number of sulfonamides is 1. The van der Waals surface area contributed by atoms with E-state index in [-0.39, 0.29) is 24.5 Å². The van der Waals surface area contributed by atoms with Crippen molar-refractivity contribution in [3.05, 3.63) is 59.2 Å². The zero-order valence-corrected chi connectivity index (χ0v) is 16.7. The van der Waals surface area contributed by atoms with Gasteiger partial charge in [-0.25, -0.2) is 13.1 Å². The first-order chi connectivity index (χ1) is 12.3. The Hall–Kier alpha value is -1.83. The molecule has 2 aromatic carbocycles. The molecular weight excluding hydrogens is 370 g/mol. The molecule has 2 rings (SSSR count). The molecule has 1 N–H and O–H groups in total. The van der Waals surface area contributed by atoms with Crippen molar-refractivity contribution in [1.29, 1.82) is 0 Å². The third-order valence-electron chi connectivity index (χ3n) is 3.97. The standard InChI is InChI=1S/C19H23NO4S2/c1-14-4-9-18(12-15(14)2)26(22,23)20-11-10-19(21)24-13-16-5-7-17(25-3)8-6-16/h4-9,12,20H,10-11,13H2,1-3H3. The summed E-state index contributed by atoms with van der Waals surface area (Å²) < 4.78 is 32.1. The van der Waals surface area contributed by atoms with E-state index in [0.717, 1.165) is 21.6 Å². The van der Waals surface area contributed by atoms with E-state index in [1.165, 1.54) is 0 Å². The van der Waals surface area contributed by atoms with Crippen molar-refractivity contribution < 1.29 is 17.9 Å². The van der Waals surface area contributed by atoms with Crippen molar-refractivity contribution in [2.24, 2.45) is 0 Å². The average Bonchev–Trinajstić information content (AvgIpc) is 2.62. The van der Waals surface area contributed by atoms with Crippen LogP contribution < -0.4 is 4.72 Å². The highest BCUT2D eigenvalue weighted by Crippen LogP contribution is 2.16. The summed E-state index contributed by atoms with van der Waals surface area (Å²) in [5.74, 6) is -0.443. The number of thioether (sulfide) groups is 1. The van der Waals surface area contributed by atoms with E-state index in [1.54, 1.807) is 30.0 Å². The summed E-state index contributed by atoms with van der Waals surface area (Å²) in [7, 11) is -3.63. The Balaban J connectivity index is 1.80. The van der Waals surface area contributed by atoms with Crippen LogP contribution in [0.5, 0.6) is 0 Å². The molecule has 0 aliphatic heterocycles. The van der Waals surface area contributed by atoms with Gasteiger partial charge in [0.2, 0.25) is 10.0 Å². The Labute approximate surface area is 159 Å². The fourth-order valence-electron chi connectivity index (χ4n) is 2.21. The lowest BCUT2D eigenvalue weighted by atomic mass is 10.1.